The summed E-state index contributed by atoms with van der Waals surface area (Å²) < 4.78 is 23.7. The minimum Gasteiger partial charge on any atom is -0.369 e. The Morgan fingerprint density at radius 1 is 1.12 bits per heavy atom. The van der Waals surface area contributed by atoms with Crippen molar-refractivity contribution in [3.8, 4) is 0 Å². The fourth-order valence-corrected chi connectivity index (χ4v) is 3.03. The Bertz CT molecular complexity index is 670. The van der Waals surface area contributed by atoms with Gasteiger partial charge in [0.2, 0.25) is 5.91 Å². The lowest BCUT2D eigenvalue weighted by molar-refractivity contribution is -0.115. The molecule has 1 aromatic carbocycles. The highest BCUT2D eigenvalue weighted by atomic mass is 35.5. The molecule has 0 radical (unpaired) electrons. The van der Waals surface area contributed by atoms with E-state index in [2.05, 4.69) is 5.32 Å². The number of carbonyl (C=O) groups excluding carboxylic acids is 2. The molecule has 0 saturated carbocycles. The maximum atomic E-state index is 12.1. The van der Waals surface area contributed by atoms with E-state index in [1.807, 2.05) is 13.8 Å². The molecular weight excluding hydrogens is 354 g/mol. The number of hydrogen-bond donors (Lipinski definition) is 3. The number of nitrogens with two attached hydrogens (primary N) is 2. The van der Waals surface area contributed by atoms with Gasteiger partial charge < -0.3 is 16.8 Å². The van der Waals surface area contributed by atoms with E-state index in [0.29, 0.717) is 12.1 Å². The van der Waals surface area contributed by atoms with Gasteiger partial charge >= 0.3 is 0 Å². The van der Waals surface area contributed by atoms with E-state index in [-0.39, 0.29) is 23.2 Å². The average Bonchev–Trinajstić information content (AvgIpc) is 2.51. The van der Waals surface area contributed by atoms with E-state index in [9.17, 15) is 18.0 Å². The van der Waals surface area contributed by atoms with Gasteiger partial charge in [-0.3, -0.25) is 9.59 Å². The highest BCUT2D eigenvalue weighted by molar-refractivity contribution is 7.92. The molecule has 0 aliphatic carbocycles. The van der Waals surface area contributed by atoms with Crippen molar-refractivity contribution in [2.24, 2.45) is 11.5 Å². The number of carbonyl (C=O) groups is 2. The van der Waals surface area contributed by atoms with Gasteiger partial charge in [0.05, 0.1) is 4.90 Å². The second-order valence-corrected chi connectivity index (χ2v) is 7.49. The Hall–Kier alpha value is -1.64. The molecule has 0 saturated heterocycles. The van der Waals surface area contributed by atoms with Gasteiger partial charge in [-0.05, 0) is 37.1 Å². The van der Waals surface area contributed by atoms with Gasteiger partial charge in [0.1, 0.15) is 5.75 Å². The quantitative estimate of drug-likeness (QED) is 0.610. The molecule has 0 atom stereocenters. The summed E-state index contributed by atoms with van der Waals surface area (Å²) in [6, 6.07) is 5.34. The first-order valence-corrected chi connectivity index (χ1v) is 8.97. The molecule has 136 valence electrons. The van der Waals surface area contributed by atoms with E-state index in [4.69, 9.17) is 11.5 Å². The Morgan fingerprint density at radius 2 is 1.62 bits per heavy atom. The predicted molar refractivity (Wildman–Crippen MR) is 94.8 cm³/mol. The fourth-order valence-electron chi connectivity index (χ4n) is 1.94. The van der Waals surface area contributed by atoms with Crippen LogP contribution in [-0.4, -0.2) is 38.1 Å². The summed E-state index contributed by atoms with van der Waals surface area (Å²) in [5, 5.41) is 2.74. The molecule has 0 spiro atoms. The Morgan fingerprint density at radius 3 is 2.04 bits per heavy atom. The van der Waals surface area contributed by atoms with Gasteiger partial charge in [-0.15, -0.1) is 12.4 Å². The van der Waals surface area contributed by atoms with E-state index in [1.54, 1.807) is 0 Å². The van der Waals surface area contributed by atoms with Crippen LogP contribution in [0.3, 0.4) is 0 Å². The highest BCUT2D eigenvalue weighted by Crippen LogP contribution is 2.13. The molecule has 0 aliphatic heterocycles. The number of primary amides is 1. The Labute approximate surface area is 148 Å². The number of benzene rings is 1. The van der Waals surface area contributed by atoms with Crippen molar-refractivity contribution < 1.29 is 18.0 Å². The summed E-state index contributed by atoms with van der Waals surface area (Å²) in [6.07, 6.45) is 1.46. The first kappa shape index (κ1) is 22.4. The van der Waals surface area contributed by atoms with Gasteiger partial charge in [-0.1, -0.05) is 13.8 Å². The van der Waals surface area contributed by atoms with Gasteiger partial charge in [0, 0.05) is 17.6 Å². The summed E-state index contributed by atoms with van der Waals surface area (Å²) in [5.74, 6) is -2.02. The SMILES string of the molecule is CCC(N)(CC)CNC(=O)c1ccc(S(=O)(=O)CC(N)=O)cc1.Cl. The second kappa shape index (κ2) is 9.00. The number of sulfone groups is 1. The fraction of sp³-hybridized carbons (Fsp3) is 0.467. The standard InChI is InChI=1S/C15H23N3O4S.ClH/c1-3-15(17,4-2)10-18-14(20)11-5-7-12(8-6-11)23(21,22)9-13(16)19;/h5-8H,3-4,9-10,17H2,1-2H3,(H2,16,19)(H,18,20);1H. The van der Waals surface area contributed by atoms with E-state index < -0.39 is 27.0 Å². The van der Waals surface area contributed by atoms with Gasteiger partial charge in [0.15, 0.2) is 9.84 Å². The minimum atomic E-state index is -3.77. The molecule has 9 heteroatoms. The number of halogens is 1. The van der Waals surface area contributed by atoms with Crippen LogP contribution in [0.25, 0.3) is 0 Å². The van der Waals surface area contributed by atoms with Crippen molar-refractivity contribution in [2.75, 3.05) is 12.3 Å². The van der Waals surface area contributed by atoms with Crippen molar-refractivity contribution >= 4 is 34.1 Å². The normalized spacial score (nSPS) is 11.5. The lowest BCUT2D eigenvalue weighted by Crippen LogP contribution is -2.49. The van der Waals surface area contributed by atoms with Crippen LogP contribution in [-0.2, 0) is 14.6 Å². The van der Waals surface area contributed by atoms with Gasteiger partial charge in [0.25, 0.3) is 5.91 Å². The maximum absolute atomic E-state index is 12.1. The van der Waals surface area contributed by atoms with Crippen LogP contribution >= 0.6 is 12.4 Å². The molecule has 0 fully saturated rings. The molecule has 0 unspecified atom stereocenters. The molecule has 0 bridgehead atoms. The highest BCUT2D eigenvalue weighted by Gasteiger charge is 2.22. The van der Waals surface area contributed by atoms with Crippen molar-refractivity contribution in [2.45, 2.75) is 37.1 Å². The van der Waals surface area contributed by atoms with Gasteiger partial charge in [-0.25, -0.2) is 8.42 Å². The molecule has 5 N–H and O–H groups in total. The van der Waals surface area contributed by atoms with Crippen molar-refractivity contribution in [3.05, 3.63) is 29.8 Å². The van der Waals surface area contributed by atoms with Crippen LogP contribution in [0.5, 0.6) is 0 Å². The molecule has 1 rings (SSSR count). The molecule has 0 aromatic heterocycles. The topological polar surface area (TPSA) is 132 Å². The predicted octanol–water partition coefficient (Wildman–Crippen LogP) is 0.615. The average molecular weight is 378 g/mol. The molecule has 7 nitrogen and oxygen atoms in total. The number of amides is 2. The summed E-state index contributed by atoms with van der Waals surface area (Å²) >= 11 is 0. The first-order valence-electron chi connectivity index (χ1n) is 7.32. The number of hydrogen-bond acceptors (Lipinski definition) is 5. The van der Waals surface area contributed by atoms with Crippen molar-refractivity contribution in [3.63, 3.8) is 0 Å². The lowest BCUT2D eigenvalue weighted by atomic mass is 9.94. The van der Waals surface area contributed by atoms with Gasteiger partial charge in [-0.2, -0.15) is 0 Å². The zero-order valence-corrected chi connectivity index (χ0v) is 15.4. The van der Waals surface area contributed by atoms with Crippen LogP contribution in [0.4, 0.5) is 0 Å². The molecular formula is C15H24ClN3O4S. The van der Waals surface area contributed by atoms with Crippen LogP contribution in [0, 0.1) is 0 Å². The van der Waals surface area contributed by atoms with Crippen LogP contribution in [0.15, 0.2) is 29.2 Å². The lowest BCUT2D eigenvalue weighted by Gasteiger charge is -2.26. The Kier molecular flexibility index (Phi) is 8.39. The third-order valence-corrected chi connectivity index (χ3v) is 5.47. The summed E-state index contributed by atoms with van der Waals surface area (Å²) in [5.41, 5.74) is 10.9. The summed E-state index contributed by atoms with van der Waals surface area (Å²) in [6.45, 7) is 4.24. The first-order chi connectivity index (χ1) is 10.6. The summed E-state index contributed by atoms with van der Waals surface area (Å²) in [7, 11) is -3.77. The molecule has 2 amide bonds. The second-order valence-electron chi connectivity index (χ2n) is 5.50. The molecule has 0 aliphatic rings. The smallest absolute Gasteiger partial charge is 0.251 e. The van der Waals surface area contributed by atoms with E-state index >= 15 is 0 Å². The van der Waals surface area contributed by atoms with Crippen LogP contribution < -0.4 is 16.8 Å². The maximum Gasteiger partial charge on any atom is 0.251 e. The zero-order chi connectivity index (χ0) is 17.7. The van der Waals surface area contributed by atoms with Crippen LogP contribution in [0.1, 0.15) is 37.0 Å². The largest absolute Gasteiger partial charge is 0.369 e. The third-order valence-electron chi connectivity index (χ3n) is 3.82. The number of nitrogens with one attached hydrogen (secondary N) is 1. The third kappa shape index (κ3) is 6.10. The molecule has 0 heterocycles. The molecule has 24 heavy (non-hydrogen) atoms. The molecule has 1 aromatic rings. The van der Waals surface area contributed by atoms with Crippen molar-refractivity contribution in [1.82, 2.24) is 5.32 Å². The number of rotatable bonds is 8. The van der Waals surface area contributed by atoms with Crippen molar-refractivity contribution in [1.29, 1.82) is 0 Å². The van der Waals surface area contributed by atoms with E-state index in [0.717, 1.165) is 12.8 Å². The minimum absolute atomic E-state index is 0. The Balaban J connectivity index is 0.00000529. The monoisotopic (exact) mass is 377 g/mol. The van der Waals surface area contributed by atoms with E-state index in [1.165, 1.54) is 24.3 Å². The van der Waals surface area contributed by atoms with Crippen LogP contribution in [0.2, 0.25) is 0 Å². The summed E-state index contributed by atoms with van der Waals surface area (Å²) in [4.78, 5) is 22.8. The zero-order valence-electron chi connectivity index (χ0n) is 13.7.